The number of hydrogen-bond acceptors (Lipinski definition) is 5. The van der Waals surface area contributed by atoms with Crippen LogP contribution in [0, 0.1) is 13.8 Å². The lowest BCUT2D eigenvalue weighted by Crippen LogP contribution is -2.47. The topological polar surface area (TPSA) is 32.3 Å². The van der Waals surface area contributed by atoms with Crippen LogP contribution in [-0.4, -0.2) is 36.1 Å². The molecule has 1 fully saturated rings. The minimum atomic E-state index is 0.537. The average Bonchev–Trinajstić information content (AvgIpc) is 3.25. The second-order valence-corrected chi connectivity index (χ2v) is 9.85. The molecule has 4 aromatic rings. The molecule has 0 spiro atoms. The molecule has 2 aromatic heterocycles. The van der Waals surface area contributed by atoms with E-state index in [9.17, 15) is 0 Å². The van der Waals surface area contributed by atoms with Gasteiger partial charge in [-0.3, -0.25) is 0 Å². The van der Waals surface area contributed by atoms with E-state index in [0.29, 0.717) is 5.92 Å². The zero-order valence-corrected chi connectivity index (χ0v) is 20.1. The molecule has 0 saturated carbocycles. The number of anilines is 2. The molecule has 4 nitrogen and oxygen atoms in total. The summed E-state index contributed by atoms with van der Waals surface area (Å²) in [5.74, 6) is 1.61. The zero-order chi connectivity index (χ0) is 22.2. The Bertz CT molecular complexity index is 1230. The normalized spacial score (nSPS) is 14.5. The first kappa shape index (κ1) is 21.0. The van der Waals surface area contributed by atoms with Gasteiger partial charge in [-0.15, -0.1) is 11.3 Å². The number of aryl methyl sites for hydroxylation is 1. The third kappa shape index (κ3) is 3.75. The predicted molar refractivity (Wildman–Crippen MR) is 137 cm³/mol. The van der Waals surface area contributed by atoms with Gasteiger partial charge in [0, 0.05) is 42.8 Å². The number of rotatable bonds is 4. The fraction of sp³-hybridized carbons (Fsp3) is 0.333. The van der Waals surface area contributed by atoms with Crippen LogP contribution in [0.3, 0.4) is 0 Å². The first-order chi connectivity index (χ1) is 15.5. The van der Waals surface area contributed by atoms with Crippen molar-refractivity contribution in [3.8, 4) is 11.1 Å². The molecule has 0 atom stereocenters. The molecule has 5 heteroatoms. The molecule has 164 valence electrons. The molecule has 0 unspecified atom stereocenters. The maximum Gasteiger partial charge on any atom is 0.141 e. The minimum absolute atomic E-state index is 0.537. The van der Waals surface area contributed by atoms with Crippen molar-refractivity contribution in [3.05, 3.63) is 70.9 Å². The highest BCUT2D eigenvalue weighted by Crippen LogP contribution is 2.38. The molecule has 3 heterocycles. The summed E-state index contributed by atoms with van der Waals surface area (Å²) >= 11 is 1.71. The lowest BCUT2D eigenvalue weighted by Gasteiger charge is -2.37. The van der Waals surface area contributed by atoms with Crippen molar-refractivity contribution in [1.82, 2.24) is 9.97 Å². The Morgan fingerprint density at radius 2 is 1.59 bits per heavy atom. The van der Waals surface area contributed by atoms with E-state index >= 15 is 0 Å². The van der Waals surface area contributed by atoms with Crippen LogP contribution in [0.25, 0.3) is 21.3 Å². The third-order valence-electron chi connectivity index (χ3n) is 6.73. The van der Waals surface area contributed by atoms with Gasteiger partial charge in [-0.2, -0.15) is 0 Å². The predicted octanol–water partition coefficient (Wildman–Crippen LogP) is 6.43. The number of hydrogen-bond donors (Lipinski definition) is 0. The van der Waals surface area contributed by atoms with E-state index in [2.05, 4.69) is 90.3 Å². The molecule has 0 aliphatic carbocycles. The van der Waals surface area contributed by atoms with Crippen molar-refractivity contribution in [1.29, 1.82) is 0 Å². The Morgan fingerprint density at radius 1 is 0.875 bits per heavy atom. The Kier molecular flexibility index (Phi) is 5.60. The van der Waals surface area contributed by atoms with Gasteiger partial charge in [-0.25, -0.2) is 9.97 Å². The van der Waals surface area contributed by atoms with E-state index in [0.717, 1.165) is 36.8 Å². The number of benzene rings is 2. The van der Waals surface area contributed by atoms with Gasteiger partial charge in [0.15, 0.2) is 0 Å². The molecule has 0 amide bonds. The fourth-order valence-electron chi connectivity index (χ4n) is 4.60. The van der Waals surface area contributed by atoms with Crippen molar-refractivity contribution >= 4 is 33.1 Å². The molecule has 1 saturated heterocycles. The van der Waals surface area contributed by atoms with Crippen molar-refractivity contribution in [2.75, 3.05) is 36.0 Å². The summed E-state index contributed by atoms with van der Waals surface area (Å²) in [6, 6.07) is 15.6. The summed E-state index contributed by atoms with van der Waals surface area (Å²) in [7, 11) is 0. The molecule has 5 rings (SSSR count). The van der Waals surface area contributed by atoms with Crippen LogP contribution in [0.2, 0.25) is 0 Å². The minimum Gasteiger partial charge on any atom is -0.368 e. The van der Waals surface area contributed by atoms with Crippen LogP contribution >= 0.6 is 11.3 Å². The van der Waals surface area contributed by atoms with Crippen LogP contribution in [0.15, 0.2) is 54.2 Å². The lowest BCUT2D eigenvalue weighted by molar-refractivity contribution is 0.647. The number of piperazine rings is 1. The van der Waals surface area contributed by atoms with Crippen LogP contribution in [-0.2, 0) is 0 Å². The smallest absolute Gasteiger partial charge is 0.141 e. The first-order valence-electron chi connectivity index (χ1n) is 11.4. The van der Waals surface area contributed by atoms with Gasteiger partial charge in [0.2, 0.25) is 0 Å². The number of aromatic nitrogens is 2. The lowest BCUT2D eigenvalue weighted by atomic mass is 9.99. The Morgan fingerprint density at radius 3 is 2.31 bits per heavy atom. The summed E-state index contributed by atoms with van der Waals surface area (Å²) in [6.07, 6.45) is 1.72. The van der Waals surface area contributed by atoms with Crippen LogP contribution in [0.4, 0.5) is 11.5 Å². The van der Waals surface area contributed by atoms with E-state index < -0.39 is 0 Å². The van der Waals surface area contributed by atoms with Gasteiger partial charge in [0.1, 0.15) is 17.0 Å². The van der Waals surface area contributed by atoms with Gasteiger partial charge >= 0.3 is 0 Å². The fourth-order valence-corrected chi connectivity index (χ4v) is 5.51. The highest BCUT2D eigenvalue weighted by Gasteiger charge is 2.23. The molecular weight excluding hydrogens is 412 g/mol. The largest absolute Gasteiger partial charge is 0.368 e. The summed E-state index contributed by atoms with van der Waals surface area (Å²) in [6.45, 7) is 12.8. The molecule has 1 aliphatic heterocycles. The first-order valence-corrected chi connectivity index (χ1v) is 12.3. The van der Waals surface area contributed by atoms with E-state index in [4.69, 9.17) is 4.98 Å². The third-order valence-corrected chi connectivity index (χ3v) is 7.62. The maximum atomic E-state index is 4.77. The average molecular weight is 443 g/mol. The van der Waals surface area contributed by atoms with E-state index in [-0.39, 0.29) is 0 Å². The molecule has 1 aliphatic rings. The maximum absolute atomic E-state index is 4.77. The van der Waals surface area contributed by atoms with E-state index in [1.165, 1.54) is 38.9 Å². The zero-order valence-electron chi connectivity index (χ0n) is 19.3. The van der Waals surface area contributed by atoms with Crippen LogP contribution in [0.1, 0.15) is 36.5 Å². The number of nitrogens with zero attached hydrogens (tertiary/aromatic N) is 4. The monoisotopic (exact) mass is 442 g/mol. The van der Waals surface area contributed by atoms with Crippen LogP contribution in [0.5, 0.6) is 0 Å². The molecule has 32 heavy (non-hydrogen) atoms. The molecule has 0 bridgehead atoms. The molecule has 0 radical (unpaired) electrons. The number of thiophene rings is 1. The quantitative estimate of drug-likeness (QED) is 0.365. The van der Waals surface area contributed by atoms with E-state index in [1.807, 2.05) is 0 Å². The van der Waals surface area contributed by atoms with Crippen LogP contribution < -0.4 is 9.80 Å². The summed E-state index contributed by atoms with van der Waals surface area (Å²) in [5.41, 5.74) is 7.95. The second kappa shape index (κ2) is 8.55. The van der Waals surface area contributed by atoms with Crippen molar-refractivity contribution < 1.29 is 0 Å². The van der Waals surface area contributed by atoms with Crippen molar-refractivity contribution in [3.63, 3.8) is 0 Å². The Hall–Kier alpha value is -2.92. The summed E-state index contributed by atoms with van der Waals surface area (Å²) in [5, 5.41) is 3.43. The summed E-state index contributed by atoms with van der Waals surface area (Å²) < 4.78 is 0. The second-order valence-electron chi connectivity index (χ2n) is 9.00. The van der Waals surface area contributed by atoms with Gasteiger partial charge < -0.3 is 9.80 Å². The van der Waals surface area contributed by atoms with E-state index in [1.54, 1.807) is 17.7 Å². The van der Waals surface area contributed by atoms with Gasteiger partial charge in [-0.1, -0.05) is 50.2 Å². The SMILES string of the molecule is Cc1cccc(N2CCN(c3ncnc4scc(-c5ccc(C(C)C)cc5)c34)CC2)c1C. The van der Waals surface area contributed by atoms with Gasteiger partial charge in [0.05, 0.1) is 5.39 Å². The molecule has 2 aromatic carbocycles. The molecular formula is C27H30N4S. The van der Waals surface area contributed by atoms with Gasteiger partial charge in [0.25, 0.3) is 0 Å². The highest BCUT2D eigenvalue weighted by molar-refractivity contribution is 7.17. The molecule has 0 N–H and O–H groups in total. The standard InChI is InChI=1S/C27H30N4S/c1-18(2)21-8-10-22(11-9-21)23-16-32-27-25(23)26(28-17-29-27)31-14-12-30(13-15-31)24-7-5-6-19(3)20(24)4/h5-11,16-18H,12-15H2,1-4H3. The van der Waals surface area contributed by atoms with Gasteiger partial charge in [-0.05, 0) is 48.1 Å². The Labute approximate surface area is 194 Å². The summed E-state index contributed by atoms with van der Waals surface area (Å²) in [4.78, 5) is 15.4. The van der Waals surface area contributed by atoms with Crippen molar-refractivity contribution in [2.24, 2.45) is 0 Å². The number of fused-ring (bicyclic) bond motifs is 1. The van der Waals surface area contributed by atoms with Crippen molar-refractivity contribution in [2.45, 2.75) is 33.6 Å². The highest BCUT2D eigenvalue weighted by atomic mass is 32.1. The Balaban J connectivity index is 1.44.